The van der Waals surface area contributed by atoms with Gasteiger partial charge in [-0.3, -0.25) is 4.79 Å². The lowest BCUT2D eigenvalue weighted by molar-refractivity contribution is 0.0507. The summed E-state index contributed by atoms with van der Waals surface area (Å²) in [6, 6.07) is 10.1. The lowest BCUT2D eigenvalue weighted by Gasteiger charge is -2.47. The highest BCUT2D eigenvalue weighted by Crippen LogP contribution is 2.35. The number of aromatic nitrogens is 3. The van der Waals surface area contributed by atoms with Gasteiger partial charge in [0.2, 0.25) is 0 Å². The number of carbonyl (C=O) groups is 2. The standard InChI is InChI=1S/C32H35ClFN5O3/c1-18-14-26(35-19(2)27(18)30(41)42)37-12-13-38(32(6,7)17-37)29(40)25-11-9-21-22(20-8-10-23(33)24(34)15-20)16-39(28(21)36-25)31(3,4)5/h8-11,14-16H,12-13,17H2,1-7H3,(H,41,42). The minimum Gasteiger partial charge on any atom is -0.478 e. The van der Waals surface area contributed by atoms with E-state index in [1.165, 1.54) is 12.1 Å². The Morgan fingerprint density at radius 2 is 1.76 bits per heavy atom. The Balaban J connectivity index is 1.47. The predicted octanol–water partition coefficient (Wildman–Crippen LogP) is 6.70. The zero-order chi connectivity index (χ0) is 30.7. The number of nitrogens with zero attached hydrogens (tertiary/aromatic N) is 5. The van der Waals surface area contributed by atoms with Crippen LogP contribution in [-0.2, 0) is 5.54 Å². The second-order valence-electron chi connectivity index (χ2n) is 12.5. The van der Waals surface area contributed by atoms with Gasteiger partial charge in [0.05, 0.1) is 21.8 Å². The number of halogens is 2. The SMILES string of the molecule is Cc1cc(N2CCN(C(=O)c3ccc4c(-c5ccc(Cl)c(F)c5)cn(C(C)(C)C)c4n3)C(C)(C)C2)nc(C)c1C(=O)O. The van der Waals surface area contributed by atoms with E-state index in [2.05, 4.69) is 30.7 Å². The van der Waals surface area contributed by atoms with Gasteiger partial charge >= 0.3 is 5.97 Å². The summed E-state index contributed by atoms with van der Waals surface area (Å²) in [5, 5.41) is 10.4. The Hall–Kier alpha value is -3.98. The predicted molar refractivity (Wildman–Crippen MR) is 163 cm³/mol. The van der Waals surface area contributed by atoms with Gasteiger partial charge in [-0.05, 0) is 89.9 Å². The van der Waals surface area contributed by atoms with Crippen LogP contribution in [0.1, 0.15) is 66.7 Å². The maximum atomic E-state index is 14.3. The molecule has 0 bridgehead atoms. The Bertz CT molecular complexity index is 1720. The molecule has 0 spiro atoms. The van der Waals surface area contributed by atoms with E-state index in [4.69, 9.17) is 16.6 Å². The van der Waals surface area contributed by atoms with Gasteiger partial charge in [0, 0.05) is 42.3 Å². The van der Waals surface area contributed by atoms with E-state index >= 15 is 0 Å². The van der Waals surface area contributed by atoms with Crippen LogP contribution in [0.3, 0.4) is 0 Å². The highest BCUT2D eigenvalue weighted by Gasteiger charge is 2.38. The van der Waals surface area contributed by atoms with Gasteiger partial charge in [-0.2, -0.15) is 0 Å². The normalized spacial score (nSPS) is 15.4. The molecule has 42 heavy (non-hydrogen) atoms. The van der Waals surface area contributed by atoms with E-state index in [1.54, 1.807) is 32.0 Å². The third kappa shape index (κ3) is 5.22. The second-order valence-corrected chi connectivity index (χ2v) is 12.9. The first-order valence-electron chi connectivity index (χ1n) is 13.8. The van der Waals surface area contributed by atoms with Crippen molar-refractivity contribution in [2.75, 3.05) is 24.5 Å². The van der Waals surface area contributed by atoms with Crippen molar-refractivity contribution < 1.29 is 19.1 Å². The van der Waals surface area contributed by atoms with Crippen LogP contribution in [-0.4, -0.2) is 61.6 Å². The molecule has 1 aliphatic rings. The van der Waals surface area contributed by atoms with E-state index in [9.17, 15) is 19.1 Å². The summed E-state index contributed by atoms with van der Waals surface area (Å²) in [5.74, 6) is -0.965. The second kappa shape index (κ2) is 10.4. The van der Waals surface area contributed by atoms with E-state index in [1.807, 2.05) is 35.6 Å². The van der Waals surface area contributed by atoms with Crippen LogP contribution < -0.4 is 4.90 Å². The van der Waals surface area contributed by atoms with Crippen LogP contribution >= 0.6 is 11.6 Å². The summed E-state index contributed by atoms with van der Waals surface area (Å²) in [6.07, 6.45) is 1.95. The van der Waals surface area contributed by atoms with Crippen LogP contribution in [0.5, 0.6) is 0 Å². The monoisotopic (exact) mass is 591 g/mol. The number of aryl methyl sites for hydroxylation is 2. The summed E-state index contributed by atoms with van der Waals surface area (Å²) in [7, 11) is 0. The number of piperazine rings is 1. The lowest BCUT2D eigenvalue weighted by atomic mass is 9.97. The molecule has 0 radical (unpaired) electrons. The molecule has 10 heteroatoms. The Morgan fingerprint density at radius 1 is 1.05 bits per heavy atom. The van der Waals surface area contributed by atoms with Crippen molar-refractivity contribution in [1.82, 2.24) is 19.4 Å². The summed E-state index contributed by atoms with van der Waals surface area (Å²) >= 11 is 5.93. The number of anilines is 1. The summed E-state index contributed by atoms with van der Waals surface area (Å²) in [5.41, 5.74) is 2.90. The van der Waals surface area contributed by atoms with E-state index < -0.39 is 17.3 Å². The fraction of sp³-hybridized carbons (Fsp3) is 0.375. The molecule has 1 aliphatic heterocycles. The van der Waals surface area contributed by atoms with E-state index in [-0.39, 0.29) is 22.0 Å². The molecule has 5 rings (SSSR count). The number of fused-ring (bicyclic) bond motifs is 1. The van der Waals surface area contributed by atoms with Crippen molar-refractivity contribution in [2.24, 2.45) is 0 Å². The molecule has 0 saturated carbocycles. The van der Waals surface area contributed by atoms with Crippen LogP contribution in [0.25, 0.3) is 22.2 Å². The molecule has 8 nitrogen and oxygen atoms in total. The first kappa shape index (κ1) is 29.5. The van der Waals surface area contributed by atoms with Gasteiger partial charge in [0.15, 0.2) is 0 Å². The van der Waals surface area contributed by atoms with Crippen LogP contribution in [0.2, 0.25) is 5.02 Å². The fourth-order valence-corrected chi connectivity index (χ4v) is 5.91. The Labute approximate surface area is 249 Å². The number of hydrogen-bond donors (Lipinski definition) is 1. The van der Waals surface area contributed by atoms with Crippen molar-refractivity contribution in [3.05, 3.63) is 75.9 Å². The number of amides is 1. The summed E-state index contributed by atoms with van der Waals surface area (Å²) < 4.78 is 16.4. The minimum absolute atomic E-state index is 0.0605. The minimum atomic E-state index is -0.991. The van der Waals surface area contributed by atoms with Crippen LogP contribution in [0, 0.1) is 19.7 Å². The molecule has 0 aliphatic carbocycles. The van der Waals surface area contributed by atoms with Gasteiger partial charge in [-0.25, -0.2) is 19.2 Å². The Kier molecular flexibility index (Phi) is 7.29. The molecule has 4 heterocycles. The zero-order valence-corrected chi connectivity index (χ0v) is 25.7. The van der Waals surface area contributed by atoms with Crippen molar-refractivity contribution in [3.8, 4) is 11.1 Å². The van der Waals surface area contributed by atoms with Gasteiger partial charge in [0.1, 0.15) is 23.0 Å². The van der Waals surface area contributed by atoms with E-state index in [0.29, 0.717) is 53.6 Å². The number of carboxylic acid groups (broad SMARTS) is 1. The molecule has 0 unspecified atom stereocenters. The average molecular weight is 592 g/mol. The number of hydrogen-bond acceptors (Lipinski definition) is 5. The number of carboxylic acids is 1. The molecule has 3 aromatic heterocycles. The number of aromatic carboxylic acids is 1. The van der Waals surface area contributed by atoms with Crippen molar-refractivity contribution in [2.45, 2.75) is 59.5 Å². The number of carbonyl (C=O) groups excluding carboxylic acids is 1. The molecular weight excluding hydrogens is 557 g/mol. The van der Waals surface area contributed by atoms with Gasteiger partial charge < -0.3 is 19.5 Å². The van der Waals surface area contributed by atoms with Crippen LogP contribution in [0.15, 0.2) is 42.6 Å². The lowest BCUT2D eigenvalue weighted by Crippen LogP contribution is -2.61. The van der Waals surface area contributed by atoms with Gasteiger partial charge in [-0.1, -0.05) is 17.7 Å². The third-order valence-electron chi connectivity index (χ3n) is 7.89. The zero-order valence-electron chi connectivity index (χ0n) is 24.9. The largest absolute Gasteiger partial charge is 0.478 e. The molecule has 4 aromatic rings. The molecule has 1 fully saturated rings. The maximum Gasteiger partial charge on any atom is 0.337 e. The molecule has 1 N–H and O–H groups in total. The van der Waals surface area contributed by atoms with Crippen molar-refractivity contribution >= 4 is 40.3 Å². The third-order valence-corrected chi connectivity index (χ3v) is 8.20. The van der Waals surface area contributed by atoms with Gasteiger partial charge in [0.25, 0.3) is 5.91 Å². The fourth-order valence-electron chi connectivity index (χ4n) is 5.79. The van der Waals surface area contributed by atoms with Crippen LogP contribution in [0.4, 0.5) is 10.2 Å². The Morgan fingerprint density at radius 3 is 2.36 bits per heavy atom. The van der Waals surface area contributed by atoms with Crippen molar-refractivity contribution in [3.63, 3.8) is 0 Å². The number of rotatable bonds is 4. The molecule has 1 amide bonds. The maximum absolute atomic E-state index is 14.3. The number of pyridine rings is 2. The first-order valence-corrected chi connectivity index (χ1v) is 14.2. The quantitative estimate of drug-likeness (QED) is 0.284. The highest BCUT2D eigenvalue weighted by molar-refractivity contribution is 6.30. The first-order chi connectivity index (χ1) is 19.6. The molecule has 220 valence electrons. The molecule has 1 aromatic carbocycles. The molecule has 0 atom stereocenters. The van der Waals surface area contributed by atoms with Crippen molar-refractivity contribution in [1.29, 1.82) is 0 Å². The average Bonchev–Trinajstić information content (AvgIpc) is 3.28. The van der Waals surface area contributed by atoms with E-state index in [0.717, 1.165) is 10.9 Å². The summed E-state index contributed by atoms with van der Waals surface area (Å²) in [4.78, 5) is 38.9. The highest BCUT2D eigenvalue weighted by atomic mass is 35.5. The number of benzene rings is 1. The summed E-state index contributed by atoms with van der Waals surface area (Å²) in [6.45, 7) is 15.2. The molecule has 1 saturated heterocycles. The smallest absolute Gasteiger partial charge is 0.337 e. The molecular formula is C32H35ClFN5O3. The topological polar surface area (TPSA) is 91.6 Å². The van der Waals surface area contributed by atoms with Gasteiger partial charge in [-0.15, -0.1) is 0 Å².